The van der Waals surface area contributed by atoms with E-state index in [1.54, 1.807) is 29.7 Å². The van der Waals surface area contributed by atoms with E-state index in [0.29, 0.717) is 5.69 Å². The molecule has 0 saturated carbocycles. The average Bonchev–Trinajstić information content (AvgIpc) is 2.82. The van der Waals surface area contributed by atoms with E-state index < -0.39 is 0 Å². The lowest BCUT2D eigenvalue weighted by Crippen LogP contribution is -2.52. The second-order valence-electron chi connectivity index (χ2n) is 4.65. The Hall–Kier alpha value is -1.42. The predicted octanol–water partition coefficient (Wildman–Crippen LogP) is 3.04. The van der Waals surface area contributed by atoms with E-state index in [2.05, 4.69) is 37.3 Å². The van der Waals surface area contributed by atoms with Crippen molar-refractivity contribution in [2.75, 3.05) is 13.1 Å². The summed E-state index contributed by atoms with van der Waals surface area (Å²) in [7, 11) is 0. The topological polar surface area (TPSA) is 49.1 Å². The summed E-state index contributed by atoms with van der Waals surface area (Å²) in [5.41, 5.74) is 0.391. The van der Waals surface area contributed by atoms with Crippen LogP contribution in [0.2, 0.25) is 0 Å². The summed E-state index contributed by atoms with van der Waals surface area (Å²) in [6, 6.07) is 7.64. The normalized spacial score (nSPS) is 15.6. The van der Waals surface area contributed by atoms with Crippen molar-refractivity contribution in [3.05, 3.63) is 44.8 Å². The zero-order chi connectivity index (χ0) is 13.9. The van der Waals surface area contributed by atoms with E-state index in [0.717, 1.165) is 29.9 Å². The molecule has 0 bridgehead atoms. The van der Waals surface area contributed by atoms with Gasteiger partial charge in [0.1, 0.15) is 23.6 Å². The fourth-order valence-corrected chi connectivity index (χ4v) is 3.61. The second-order valence-corrected chi connectivity index (χ2v) is 6.57. The molecular weight excluding hydrogens is 338 g/mol. The monoisotopic (exact) mass is 349 g/mol. The van der Waals surface area contributed by atoms with E-state index in [4.69, 9.17) is 10.00 Å². The number of halogens is 1. The van der Waals surface area contributed by atoms with Gasteiger partial charge < -0.3 is 4.74 Å². The van der Waals surface area contributed by atoms with Crippen molar-refractivity contribution in [3.63, 3.8) is 0 Å². The van der Waals surface area contributed by atoms with Gasteiger partial charge in [-0.1, -0.05) is 0 Å². The van der Waals surface area contributed by atoms with Crippen LogP contribution < -0.4 is 4.74 Å². The van der Waals surface area contributed by atoms with Gasteiger partial charge in [0.05, 0.1) is 0 Å². The Balaban J connectivity index is 1.49. The molecule has 2 aromatic rings. The van der Waals surface area contributed by atoms with Crippen molar-refractivity contribution in [3.8, 4) is 11.8 Å². The summed E-state index contributed by atoms with van der Waals surface area (Å²) in [5, 5.41) is 10.9. The third-order valence-corrected chi connectivity index (χ3v) is 4.76. The molecule has 3 heterocycles. The Kier molecular flexibility index (Phi) is 4.01. The molecule has 20 heavy (non-hydrogen) atoms. The van der Waals surface area contributed by atoms with Gasteiger partial charge in [0.15, 0.2) is 0 Å². The summed E-state index contributed by atoms with van der Waals surface area (Å²) < 4.78 is 6.97. The SMILES string of the molecule is N#Cc1cc(OC2CN(Cc3cc(Br)cs3)C2)ccn1. The van der Waals surface area contributed by atoms with Gasteiger partial charge in [-0.15, -0.1) is 11.3 Å². The van der Waals surface area contributed by atoms with Crippen molar-refractivity contribution in [2.45, 2.75) is 12.6 Å². The first-order valence-electron chi connectivity index (χ1n) is 6.21. The molecule has 1 fully saturated rings. The quantitative estimate of drug-likeness (QED) is 0.851. The first kappa shape index (κ1) is 13.6. The molecule has 1 aliphatic rings. The Morgan fingerprint density at radius 1 is 1.50 bits per heavy atom. The standard InChI is InChI=1S/C14H12BrN3OS/c15-10-3-14(20-9-10)8-18-6-13(7-18)19-12-1-2-17-11(4-12)5-16/h1-4,9,13H,6-8H2. The first-order chi connectivity index (χ1) is 9.72. The Labute approximate surface area is 129 Å². The van der Waals surface area contributed by atoms with Gasteiger partial charge in [0.25, 0.3) is 0 Å². The minimum Gasteiger partial charge on any atom is -0.488 e. The summed E-state index contributed by atoms with van der Waals surface area (Å²) >= 11 is 5.23. The number of hydrogen-bond acceptors (Lipinski definition) is 5. The fourth-order valence-electron chi connectivity index (χ4n) is 2.12. The molecule has 0 spiro atoms. The third kappa shape index (κ3) is 3.18. The zero-order valence-electron chi connectivity index (χ0n) is 10.6. The third-order valence-electron chi connectivity index (χ3n) is 3.07. The maximum Gasteiger partial charge on any atom is 0.144 e. The average molecular weight is 350 g/mol. The van der Waals surface area contributed by atoms with Crippen LogP contribution in [0.25, 0.3) is 0 Å². The van der Waals surface area contributed by atoms with Crippen LogP contribution in [0.5, 0.6) is 5.75 Å². The molecule has 0 aromatic carbocycles. The van der Waals surface area contributed by atoms with Crippen LogP contribution in [0.4, 0.5) is 0 Å². The maximum atomic E-state index is 8.80. The number of nitrogens with zero attached hydrogens (tertiary/aromatic N) is 3. The molecule has 3 rings (SSSR count). The second kappa shape index (κ2) is 5.92. The molecule has 0 atom stereocenters. The number of hydrogen-bond donors (Lipinski definition) is 0. The van der Waals surface area contributed by atoms with Crippen LogP contribution in [-0.4, -0.2) is 29.1 Å². The summed E-state index contributed by atoms with van der Waals surface area (Å²) in [5.74, 6) is 0.722. The maximum absolute atomic E-state index is 8.80. The van der Waals surface area contributed by atoms with Gasteiger partial charge in [-0.3, -0.25) is 4.90 Å². The largest absolute Gasteiger partial charge is 0.488 e. The van der Waals surface area contributed by atoms with E-state index in [1.165, 1.54) is 4.88 Å². The number of aromatic nitrogens is 1. The number of ether oxygens (including phenoxy) is 1. The highest BCUT2D eigenvalue weighted by Gasteiger charge is 2.28. The number of nitriles is 1. The van der Waals surface area contributed by atoms with Crippen LogP contribution in [0.1, 0.15) is 10.6 Å². The Morgan fingerprint density at radius 3 is 3.05 bits per heavy atom. The van der Waals surface area contributed by atoms with Crippen LogP contribution in [-0.2, 0) is 6.54 Å². The molecule has 4 nitrogen and oxygen atoms in total. The molecule has 2 aromatic heterocycles. The van der Waals surface area contributed by atoms with Crippen LogP contribution >= 0.6 is 27.3 Å². The molecule has 0 radical (unpaired) electrons. The minimum absolute atomic E-state index is 0.201. The predicted molar refractivity (Wildman–Crippen MR) is 80.7 cm³/mol. The first-order valence-corrected chi connectivity index (χ1v) is 7.88. The van der Waals surface area contributed by atoms with E-state index in [-0.39, 0.29) is 6.10 Å². The Bertz CT molecular complexity index is 646. The highest BCUT2D eigenvalue weighted by atomic mass is 79.9. The molecule has 1 saturated heterocycles. The van der Waals surface area contributed by atoms with E-state index in [1.807, 2.05) is 6.07 Å². The molecule has 6 heteroatoms. The van der Waals surface area contributed by atoms with Crippen LogP contribution in [0.3, 0.4) is 0 Å². The molecule has 1 aliphatic heterocycles. The lowest BCUT2D eigenvalue weighted by Gasteiger charge is -2.38. The van der Waals surface area contributed by atoms with Gasteiger partial charge in [0, 0.05) is 46.6 Å². The number of rotatable bonds is 4. The number of thiophene rings is 1. The van der Waals surface area contributed by atoms with Crippen LogP contribution in [0.15, 0.2) is 34.2 Å². The minimum atomic E-state index is 0.201. The molecule has 0 aliphatic carbocycles. The highest BCUT2D eigenvalue weighted by Crippen LogP contribution is 2.24. The lowest BCUT2D eigenvalue weighted by molar-refractivity contribution is 0.0151. The van der Waals surface area contributed by atoms with E-state index >= 15 is 0 Å². The van der Waals surface area contributed by atoms with Gasteiger partial charge >= 0.3 is 0 Å². The number of likely N-dealkylation sites (tertiary alicyclic amines) is 1. The lowest BCUT2D eigenvalue weighted by atomic mass is 10.1. The molecule has 0 unspecified atom stereocenters. The summed E-state index contributed by atoms with van der Waals surface area (Å²) in [6.07, 6.45) is 1.81. The van der Waals surface area contributed by atoms with E-state index in [9.17, 15) is 0 Å². The zero-order valence-corrected chi connectivity index (χ0v) is 13.0. The van der Waals surface area contributed by atoms with Gasteiger partial charge in [-0.25, -0.2) is 4.98 Å². The highest BCUT2D eigenvalue weighted by molar-refractivity contribution is 9.10. The number of pyridine rings is 1. The van der Waals surface area contributed by atoms with Crippen molar-refractivity contribution in [2.24, 2.45) is 0 Å². The molecule has 0 N–H and O–H groups in total. The van der Waals surface area contributed by atoms with Crippen LogP contribution in [0, 0.1) is 11.3 Å². The molecular formula is C14H12BrN3OS. The summed E-state index contributed by atoms with van der Waals surface area (Å²) in [4.78, 5) is 7.62. The van der Waals surface area contributed by atoms with Gasteiger partial charge in [-0.05, 0) is 28.1 Å². The van der Waals surface area contributed by atoms with Crippen molar-refractivity contribution in [1.82, 2.24) is 9.88 Å². The van der Waals surface area contributed by atoms with Gasteiger partial charge in [0.2, 0.25) is 0 Å². The van der Waals surface area contributed by atoms with Crippen molar-refractivity contribution >= 4 is 27.3 Å². The molecule has 102 valence electrons. The Morgan fingerprint density at radius 2 is 2.35 bits per heavy atom. The summed E-state index contributed by atoms with van der Waals surface area (Å²) in [6.45, 7) is 2.80. The van der Waals surface area contributed by atoms with Crippen molar-refractivity contribution < 1.29 is 4.74 Å². The van der Waals surface area contributed by atoms with Crippen molar-refractivity contribution in [1.29, 1.82) is 5.26 Å². The van der Waals surface area contributed by atoms with Gasteiger partial charge in [-0.2, -0.15) is 5.26 Å². The smallest absolute Gasteiger partial charge is 0.144 e. The fraction of sp³-hybridized carbons (Fsp3) is 0.286. The molecule has 0 amide bonds.